The fourth-order valence-corrected chi connectivity index (χ4v) is 4.25. The molecule has 0 bridgehead atoms. The Morgan fingerprint density at radius 3 is 2.26 bits per heavy atom. The van der Waals surface area contributed by atoms with Gasteiger partial charge in [0.15, 0.2) is 0 Å². The number of rotatable bonds is 8. The summed E-state index contributed by atoms with van der Waals surface area (Å²) in [6.07, 6.45) is -5.03. The molecule has 34 heavy (non-hydrogen) atoms. The first-order chi connectivity index (χ1) is 16.2. The van der Waals surface area contributed by atoms with Crippen molar-refractivity contribution in [2.24, 2.45) is 0 Å². The number of methoxy groups -OCH3 is 1. The van der Waals surface area contributed by atoms with Crippen molar-refractivity contribution in [3.8, 4) is 11.8 Å². The van der Waals surface area contributed by atoms with Crippen molar-refractivity contribution in [1.29, 1.82) is 5.26 Å². The average molecular weight is 472 g/mol. The Hall–Kier alpha value is -2.51. The van der Waals surface area contributed by atoms with Crippen molar-refractivity contribution in [1.82, 2.24) is 0 Å². The Balaban J connectivity index is 2.18. The van der Waals surface area contributed by atoms with Gasteiger partial charge in [-0.3, -0.25) is 0 Å². The van der Waals surface area contributed by atoms with E-state index in [1.54, 1.807) is 12.1 Å². The van der Waals surface area contributed by atoms with Crippen LogP contribution < -0.4 is 4.74 Å². The summed E-state index contributed by atoms with van der Waals surface area (Å²) >= 11 is 0. The van der Waals surface area contributed by atoms with E-state index in [1.165, 1.54) is 12.7 Å². The van der Waals surface area contributed by atoms with Gasteiger partial charge in [-0.1, -0.05) is 31.2 Å². The maximum atomic E-state index is 11.0. The zero-order valence-corrected chi connectivity index (χ0v) is 19.9. The molecule has 1 fully saturated rings. The van der Waals surface area contributed by atoms with Crippen LogP contribution in [0, 0.1) is 11.3 Å². The lowest BCUT2D eigenvalue weighted by molar-refractivity contribution is -0.366. The molecule has 5 atom stereocenters. The van der Waals surface area contributed by atoms with Gasteiger partial charge in [-0.2, -0.15) is 5.26 Å². The predicted molar refractivity (Wildman–Crippen MR) is 124 cm³/mol. The summed E-state index contributed by atoms with van der Waals surface area (Å²) in [6.45, 7) is 5.09. The molecular formula is C26H33NO7. The molecule has 0 aliphatic carbocycles. The van der Waals surface area contributed by atoms with Gasteiger partial charge in [0.1, 0.15) is 30.2 Å². The maximum Gasteiger partial charge on any atom is 0.228 e. The molecule has 0 spiro atoms. The highest BCUT2D eigenvalue weighted by Gasteiger charge is 2.56. The molecule has 0 amide bonds. The van der Waals surface area contributed by atoms with Gasteiger partial charge >= 0.3 is 0 Å². The minimum atomic E-state index is -1.95. The van der Waals surface area contributed by atoms with Crippen LogP contribution in [0.1, 0.15) is 48.6 Å². The monoisotopic (exact) mass is 471 g/mol. The zero-order chi connectivity index (χ0) is 25.0. The van der Waals surface area contributed by atoms with Gasteiger partial charge < -0.3 is 34.6 Å². The molecule has 2 aromatic carbocycles. The quantitative estimate of drug-likeness (QED) is 0.458. The van der Waals surface area contributed by atoms with Gasteiger partial charge in [0.25, 0.3) is 0 Å². The minimum absolute atomic E-state index is 0.234. The number of aliphatic hydroxyl groups excluding tert-OH is 4. The lowest BCUT2D eigenvalue weighted by Gasteiger charge is -2.48. The molecule has 0 radical (unpaired) electrons. The highest BCUT2D eigenvalue weighted by Crippen LogP contribution is 2.44. The van der Waals surface area contributed by atoms with Gasteiger partial charge in [-0.15, -0.1) is 0 Å². The summed E-state index contributed by atoms with van der Waals surface area (Å²) in [5.74, 6) is -1.72. The summed E-state index contributed by atoms with van der Waals surface area (Å²) in [5, 5.41) is 51.3. The van der Waals surface area contributed by atoms with E-state index in [-0.39, 0.29) is 17.4 Å². The third-order valence-electron chi connectivity index (χ3n) is 6.14. The maximum absolute atomic E-state index is 11.0. The molecule has 2 aromatic rings. The van der Waals surface area contributed by atoms with E-state index in [0.29, 0.717) is 17.5 Å². The number of ether oxygens (including phenoxy) is 3. The molecule has 0 aromatic heterocycles. The Bertz CT molecular complexity index is 1020. The molecule has 0 saturated carbocycles. The Morgan fingerprint density at radius 1 is 1.09 bits per heavy atom. The second kappa shape index (κ2) is 10.8. The van der Waals surface area contributed by atoms with Gasteiger partial charge in [-0.05, 0) is 55.5 Å². The largest absolute Gasteiger partial charge is 0.490 e. The topological polar surface area (TPSA) is 132 Å². The Morgan fingerprint density at radius 2 is 1.74 bits per heavy atom. The minimum Gasteiger partial charge on any atom is -0.490 e. The van der Waals surface area contributed by atoms with Crippen molar-refractivity contribution in [2.45, 2.75) is 69.9 Å². The van der Waals surface area contributed by atoms with Gasteiger partial charge in [0.05, 0.1) is 29.9 Å². The summed E-state index contributed by atoms with van der Waals surface area (Å²) in [6, 6.07) is 13.5. The van der Waals surface area contributed by atoms with E-state index in [2.05, 4.69) is 13.0 Å². The molecule has 8 heteroatoms. The standard InChI is InChI=1S/C26H33NO7/c1-5-16-6-8-17(9-7-16)10-18-11-20(21(33-15(2)3)12-19(18)13-27)26(32-4)25(31)24(30)23(29)22(14-28)34-26/h6-9,11-12,15,22-25,28-31H,5,10,14H2,1-4H3/t22-,23-,24+,25-,26+/m1/s1. The van der Waals surface area contributed by atoms with Crippen LogP contribution in [-0.4, -0.2) is 64.7 Å². The van der Waals surface area contributed by atoms with Crippen LogP contribution in [-0.2, 0) is 28.1 Å². The Labute approximate surface area is 200 Å². The highest BCUT2D eigenvalue weighted by molar-refractivity contribution is 5.52. The number of nitriles is 1. The molecule has 0 unspecified atom stereocenters. The number of benzene rings is 2. The lowest BCUT2D eigenvalue weighted by Crippen LogP contribution is -2.64. The predicted octanol–water partition coefficient (Wildman–Crippen LogP) is 1.77. The van der Waals surface area contributed by atoms with E-state index in [1.807, 2.05) is 38.1 Å². The first-order valence-corrected chi connectivity index (χ1v) is 11.4. The smallest absolute Gasteiger partial charge is 0.228 e. The summed E-state index contributed by atoms with van der Waals surface area (Å²) < 4.78 is 17.5. The van der Waals surface area contributed by atoms with Gasteiger partial charge in [0.2, 0.25) is 5.79 Å². The van der Waals surface area contributed by atoms with E-state index >= 15 is 0 Å². The van der Waals surface area contributed by atoms with Crippen LogP contribution in [0.4, 0.5) is 0 Å². The summed E-state index contributed by atoms with van der Waals surface area (Å²) in [7, 11) is 1.29. The molecule has 1 saturated heterocycles. The average Bonchev–Trinajstić information content (AvgIpc) is 2.84. The molecule has 1 aliphatic rings. The van der Waals surface area contributed by atoms with Crippen molar-refractivity contribution < 1.29 is 34.6 Å². The van der Waals surface area contributed by atoms with Gasteiger partial charge in [-0.25, -0.2) is 0 Å². The number of nitrogens with zero attached hydrogens (tertiary/aromatic N) is 1. The Kier molecular flexibility index (Phi) is 8.31. The van der Waals surface area contributed by atoms with Crippen LogP contribution in [0.3, 0.4) is 0 Å². The normalized spacial score (nSPS) is 26.9. The van der Waals surface area contributed by atoms with Crippen LogP contribution in [0.25, 0.3) is 0 Å². The fourth-order valence-electron chi connectivity index (χ4n) is 4.25. The third kappa shape index (κ3) is 4.96. The molecular weight excluding hydrogens is 438 g/mol. The van der Waals surface area contributed by atoms with Crippen molar-refractivity contribution >= 4 is 0 Å². The molecule has 8 nitrogen and oxygen atoms in total. The summed E-state index contributed by atoms with van der Waals surface area (Å²) in [5.41, 5.74) is 3.46. The number of aliphatic hydroxyl groups is 4. The molecule has 4 N–H and O–H groups in total. The van der Waals surface area contributed by atoms with Crippen LogP contribution in [0.2, 0.25) is 0 Å². The molecule has 1 heterocycles. The molecule has 3 rings (SSSR count). The first kappa shape index (κ1) is 26.1. The molecule has 184 valence electrons. The third-order valence-corrected chi connectivity index (χ3v) is 6.14. The number of aryl methyl sites for hydroxylation is 1. The van der Waals surface area contributed by atoms with Crippen LogP contribution >= 0.6 is 0 Å². The van der Waals surface area contributed by atoms with E-state index < -0.39 is 36.8 Å². The van der Waals surface area contributed by atoms with Crippen molar-refractivity contribution in [2.75, 3.05) is 13.7 Å². The van der Waals surface area contributed by atoms with Gasteiger partial charge in [0, 0.05) is 7.11 Å². The number of hydrogen-bond donors (Lipinski definition) is 4. The zero-order valence-electron chi connectivity index (χ0n) is 19.9. The fraction of sp³-hybridized carbons (Fsp3) is 0.500. The van der Waals surface area contributed by atoms with Crippen LogP contribution in [0.15, 0.2) is 36.4 Å². The van der Waals surface area contributed by atoms with E-state index in [4.69, 9.17) is 14.2 Å². The van der Waals surface area contributed by atoms with E-state index in [9.17, 15) is 25.7 Å². The SMILES string of the molecule is CCc1ccc(Cc2cc([C@]3(OC)O[C@H](CO)[C@@H](O)[C@H](O)[C@H]3O)c(OC(C)C)cc2C#N)cc1. The van der Waals surface area contributed by atoms with E-state index in [0.717, 1.165) is 12.0 Å². The van der Waals surface area contributed by atoms with Crippen molar-refractivity contribution in [3.05, 3.63) is 64.2 Å². The number of hydrogen-bond acceptors (Lipinski definition) is 8. The lowest BCUT2D eigenvalue weighted by atomic mass is 9.85. The molecule has 1 aliphatic heterocycles. The second-order valence-electron chi connectivity index (χ2n) is 8.77. The first-order valence-electron chi connectivity index (χ1n) is 11.4. The second-order valence-corrected chi connectivity index (χ2v) is 8.77. The summed E-state index contributed by atoms with van der Waals surface area (Å²) in [4.78, 5) is 0. The highest BCUT2D eigenvalue weighted by atomic mass is 16.7. The van der Waals surface area contributed by atoms with Crippen molar-refractivity contribution in [3.63, 3.8) is 0 Å². The van der Waals surface area contributed by atoms with Crippen LogP contribution in [0.5, 0.6) is 5.75 Å².